The molecule has 0 amide bonds. The van der Waals surface area contributed by atoms with E-state index in [4.69, 9.17) is 16.3 Å². The zero-order valence-corrected chi connectivity index (χ0v) is 14.0. The Labute approximate surface area is 136 Å². The van der Waals surface area contributed by atoms with Crippen molar-refractivity contribution in [3.05, 3.63) is 45.1 Å². The van der Waals surface area contributed by atoms with Gasteiger partial charge in [0.25, 0.3) is 0 Å². The molecule has 1 aromatic carbocycles. The second kappa shape index (κ2) is 6.95. The monoisotopic (exact) mass is 371 g/mol. The number of rotatable bonds is 5. The quantitative estimate of drug-likeness (QED) is 0.814. The molecule has 112 valence electrons. The number of aryl methyl sites for hydroxylation is 1. The Morgan fingerprint density at radius 3 is 3.00 bits per heavy atom. The molecule has 0 spiro atoms. The summed E-state index contributed by atoms with van der Waals surface area (Å²) in [4.78, 5) is 11.9. The lowest BCUT2D eigenvalue weighted by atomic mass is 10.2. The van der Waals surface area contributed by atoms with Gasteiger partial charge in [0, 0.05) is 16.5 Å². The van der Waals surface area contributed by atoms with Crippen LogP contribution in [-0.2, 0) is 18.3 Å². The summed E-state index contributed by atoms with van der Waals surface area (Å²) in [5, 5.41) is 7.98. The van der Waals surface area contributed by atoms with Gasteiger partial charge in [-0.3, -0.25) is 4.68 Å². The first-order valence-corrected chi connectivity index (χ1v) is 7.57. The number of hydrogen-bond donors (Lipinski definition) is 1. The molecule has 0 bridgehead atoms. The molecule has 0 saturated carbocycles. The van der Waals surface area contributed by atoms with Crippen LogP contribution in [0.15, 0.2) is 28.9 Å². The largest absolute Gasteiger partial charge is 0.462 e. The number of anilines is 1. The van der Waals surface area contributed by atoms with Crippen LogP contribution in [0.5, 0.6) is 0 Å². The van der Waals surface area contributed by atoms with E-state index in [9.17, 15) is 4.79 Å². The lowest BCUT2D eigenvalue weighted by Gasteiger charge is -2.11. The third kappa shape index (κ3) is 3.77. The zero-order valence-electron chi connectivity index (χ0n) is 11.7. The molecule has 0 aliphatic rings. The minimum Gasteiger partial charge on any atom is -0.462 e. The molecule has 0 radical (unpaired) electrons. The third-order valence-corrected chi connectivity index (χ3v) is 3.86. The Balaban J connectivity index is 2.18. The summed E-state index contributed by atoms with van der Waals surface area (Å²) in [7, 11) is 1.78. The van der Waals surface area contributed by atoms with Crippen LogP contribution in [0, 0.1) is 0 Å². The van der Waals surface area contributed by atoms with Gasteiger partial charge in [-0.25, -0.2) is 4.79 Å². The van der Waals surface area contributed by atoms with Crippen molar-refractivity contribution in [1.82, 2.24) is 9.78 Å². The number of nitrogens with zero attached hydrogens (tertiary/aromatic N) is 2. The van der Waals surface area contributed by atoms with E-state index in [1.165, 1.54) is 6.20 Å². The summed E-state index contributed by atoms with van der Waals surface area (Å²) in [5.41, 5.74) is 2.06. The minimum atomic E-state index is -0.368. The first-order chi connectivity index (χ1) is 10.0. The lowest BCUT2D eigenvalue weighted by Crippen LogP contribution is -2.12. The number of ether oxygens (including phenoxy) is 1. The predicted octanol–water partition coefficient (Wildman–Crippen LogP) is 3.62. The molecular formula is C14H15BrClN3O2. The van der Waals surface area contributed by atoms with Gasteiger partial charge in [-0.2, -0.15) is 5.10 Å². The molecule has 0 aliphatic heterocycles. The number of halogens is 2. The second-order valence-corrected chi connectivity index (χ2v) is 5.62. The van der Waals surface area contributed by atoms with Crippen LogP contribution in [-0.4, -0.2) is 22.4 Å². The van der Waals surface area contributed by atoms with Crippen molar-refractivity contribution in [2.45, 2.75) is 13.5 Å². The van der Waals surface area contributed by atoms with Gasteiger partial charge < -0.3 is 10.1 Å². The summed E-state index contributed by atoms with van der Waals surface area (Å²) in [5.74, 6) is -0.368. The number of hydrogen-bond acceptors (Lipinski definition) is 4. The highest BCUT2D eigenvalue weighted by Crippen LogP contribution is 2.26. The van der Waals surface area contributed by atoms with E-state index in [-0.39, 0.29) is 5.97 Å². The zero-order chi connectivity index (χ0) is 15.4. The van der Waals surface area contributed by atoms with Crippen LogP contribution in [0.25, 0.3) is 0 Å². The van der Waals surface area contributed by atoms with Gasteiger partial charge in [0.2, 0.25) is 0 Å². The highest BCUT2D eigenvalue weighted by Gasteiger charge is 2.17. The number of aromatic nitrogens is 2. The Hall–Kier alpha value is -1.53. The van der Waals surface area contributed by atoms with Crippen molar-refractivity contribution in [3.63, 3.8) is 0 Å². The summed E-state index contributed by atoms with van der Waals surface area (Å²) in [6.07, 6.45) is 1.52. The van der Waals surface area contributed by atoms with Gasteiger partial charge in [-0.1, -0.05) is 11.6 Å². The van der Waals surface area contributed by atoms with Gasteiger partial charge in [0.05, 0.1) is 30.7 Å². The molecule has 7 heteroatoms. The van der Waals surface area contributed by atoms with Crippen LogP contribution in [0.1, 0.15) is 23.0 Å². The van der Waals surface area contributed by atoms with Crippen molar-refractivity contribution in [2.75, 3.05) is 11.9 Å². The van der Waals surface area contributed by atoms with Crippen molar-refractivity contribution < 1.29 is 9.53 Å². The van der Waals surface area contributed by atoms with E-state index in [1.807, 2.05) is 12.1 Å². The summed E-state index contributed by atoms with van der Waals surface area (Å²) < 4.78 is 7.57. The highest BCUT2D eigenvalue weighted by atomic mass is 79.9. The number of carbonyl (C=O) groups excluding carboxylic acids is 1. The fourth-order valence-corrected chi connectivity index (χ4v) is 2.42. The Kier molecular flexibility index (Phi) is 5.25. The van der Waals surface area contributed by atoms with Gasteiger partial charge in [-0.15, -0.1) is 0 Å². The van der Waals surface area contributed by atoms with Crippen LogP contribution < -0.4 is 5.32 Å². The van der Waals surface area contributed by atoms with Gasteiger partial charge in [0.15, 0.2) is 0 Å². The van der Waals surface area contributed by atoms with E-state index >= 15 is 0 Å². The Bertz CT molecular complexity index is 658. The number of nitrogens with one attached hydrogen (secondary N) is 1. The molecular weight excluding hydrogens is 358 g/mol. The first-order valence-electron chi connectivity index (χ1n) is 6.39. The van der Waals surface area contributed by atoms with Crippen LogP contribution in [0.2, 0.25) is 5.02 Å². The summed E-state index contributed by atoms with van der Waals surface area (Å²) in [6, 6.07) is 5.47. The average Bonchev–Trinajstić information content (AvgIpc) is 2.81. The first kappa shape index (κ1) is 15.9. The van der Waals surface area contributed by atoms with E-state index in [2.05, 4.69) is 26.3 Å². The minimum absolute atomic E-state index is 0.334. The Morgan fingerprint density at radius 1 is 1.52 bits per heavy atom. The van der Waals surface area contributed by atoms with Crippen molar-refractivity contribution in [2.24, 2.45) is 7.05 Å². The van der Waals surface area contributed by atoms with Crippen molar-refractivity contribution in [3.8, 4) is 0 Å². The lowest BCUT2D eigenvalue weighted by molar-refractivity contribution is 0.0525. The molecule has 21 heavy (non-hydrogen) atoms. The third-order valence-electron chi connectivity index (χ3n) is 2.93. The second-order valence-electron chi connectivity index (χ2n) is 4.33. The normalized spacial score (nSPS) is 10.5. The number of esters is 1. The number of carbonyl (C=O) groups is 1. The SMILES string of the molecule is CCOC(=O)c1cnn(C)c1CNc1cc(Cl)ccc1Br. The van der Waals surface area contributed by atoms with Gasteiger partial charge in [0.1, 0.15) is 5.56 Å². The summed E-state index contributed by atoms with van der Waals surface area (Å²) >= 11 is 9.43. The predicted molar refractivity (Wildman–Crippen MR) is 85.6 cm³/mol. The van der Waals surface area contributed by atoms with Gasteiger partial charge >= 0.3 is 5.97 Å². The molecule has 2 rings (SSSR count). The average molecular weight is 373 g/mol. The molecule has 2 aromatic rings. The van der Waals surface area contributed by atoms with E-state index in [0.717, 1.165) is 15.9 Å². The van der Waals surface area contributed by atoms with Crippen LogP contribution >= 0.6 is 27.5 Å². The standard InChI is InChI=1S/C14H15BrClN3O2/c1-3-21-14(20)10-7-18-19(2)13(10)8-17-12-6-9(16)4-5-11(12)15/h4-7,17H,3,8H2,1-2H3. The molecule has 1 heterocycles. The molecule has 0 unspecified atom stereocenters. The molecule has 1 aromatic heterocycles. The molecule has 5 nitrogen and oxygen atoms in total. The molecule has 1 N–H and O–H groups in total. The fraction of sp³-hybridized carbons (Fsp3) is 0.286. The van der Waals surface area contributed by atoms with Crippen LogP contribution in [0.4, 0.5) is 5.69 Å². The molecule has 0 atom stereocenters. The highest BCUT2D eigenvalue weighted by molar-refractivity contribution is 9.10. The van der Waals surface area contributed by atoms with E-state index in [0.29, 0.717) is 23.7 Å². The maximum Gasteiger partial charge on any atom is 0.341 e. The molecule has 0 saturated heterocycles. The smallest absolute Gasteiger partial charge is 0.341 e. The summed E-state index contributed by atoms with van der Waals surface area (Å²) in [6.45, 7) is 2.54. The Morgan fingerprint density at radius 2 is 2.29 bits per heavy atom. The van der Waals surface area contributed by atoms with Gasteiger partial charge in [-0.05, 0) is 41.1 Å². The maximum atomic E-state index is 11.9. The van der Waals surface area contributed by atoms with E-state index in [1.54, 1.807) is 24.7 Å². The fourth-order valence-electron chi connectivity index (χ4n) is 1.86. The molecule has 0 aliphatic carbocycles. The number of benzene rings is 1. The molecule has 0 fully saturated rings. The van der Waals surface area contributed by atoms with Crippen LogP contribution in [0.3, 0.4) is 0 Å². The van der Waals surface area contributed by atoms with Crippen molar-refractivity contribution >= 4 is 39.2 Å². The van der Waals surface area contributed by atoms with Crippen molar-refractivity contribution in [1.29, 1.82) is 0 Å². The topological polar surface area (TPSA) is 56.1 Å². The maximum absolute atomic E-state index is 11.9. The van der Waals surface area contributed by atoms with E-state index < -0.39 is 0 Å².